The maximum Gasteiger partial charge on any atom is 0.412 e. The minimum atomic E-state index is -1.16. The normalized spacial score (nSPS) is 17.7. The molecule has 0 aliphatic carbocycles. The van der Waals surface area contributed by atoms with Crippen LogP contribution < -0.4 is 16.0 Å². The van der Waals surface area contributed by atoms with Crippen molar-refractivity contribution in [3.8, 4) is 0 Å². The summed E-state index contributed by atoms with van der Waals surface area (Å²) in [6.07, 6.45) is 2.13. The number of thiazole rings is 1. The van der Waals surface area contributed by atoms with Crippen LogP contribution in [-0.2, 0) is 21.3 Å². The second kappa shape index (κ2) is 14.0. The van der Waals surface area contributed by atoms with E-state index in [0.717, 1.165) is 17.8 Å². The van der Waals surface area contributed by atoms with Crippen molar-refractivity contribution in [1.29, 1.82) is 0 Å². The van der Waals surface area contributed by atoms with Gasteiger partial charge in [-0.15, -0.1) is 0 Å². The number of hydrogen-bond acceptors (Lipinski definition) is 9. The van der Waals surface area contributed by atoms with E-state index < -0.39 is 41.5 Å². The van der Waals surface area contributed by atoms with E-state index in [9.17, 15) is 18.8 Å². The molecule has 12 nitrogen and oxygen atoms in total. The van der Waals surface area contributed by atoms with Gasteiger partial charge in [0, 0.05) is 19.9 Å². The molecule has 218 valence electrons. The lowest BCUT2D eigenvalue weighted by molar-refractivity contribution is 0.0436. The molecule has 2 unspecified atom stereocenters. The van der Waals surface area contributed by atoms with E-state index in [-0.39, 0.29) is 12.3 Å². The Balaban J connectivity index is 0.000000293. The van der Waals surface area contributed by atoms with E-state index in [1.165, 1.54) is 6.20 Å². The number of alkyl carbamates (subject to hydrolysis) is 1. The Morgan fingerprint density at radius 1 is 1.13 bits per heavy atom. The SMILES string of the molecule is CC(C)(C)OC(=O)NC1CCCOCC1F.Cn1cc(NC(=O)c2nc(Br)sc2NC(=O)OC(C)(C)C)cn1. The van der Waals surface area contributed by atoms with Gasteiger partial charge < -0.3 is 24.8 Å². The number of ether oxygens (including phenoxy) is 3. The number of halogens is 2. The minimum absolute atomic E-state index is 0.0421. The number of carbonyl (C=O) groups excluding carboxylic acids is 3. The largest absolute Gasteiger partial charge is 0.444 e. The van der Waals surface area contributed by atoms with Gasteiger partial charge in [-0.05, 0) is 70.3 Å². The summed E-state index contributed by atoms with van der Waals surface area (Å²) in [5, 5.41) is 12.0. The van der Waals surface area contributed by atoms with Crippen LogP contribution in [0.4, 0.5) is 24.7 Å². The first-order valence-corrected chi connectivity index (χ1v) is 13.8. The molecular formula is C24H36BrFN6O6S. The fourth-order valence-electron chi connectivity index (χ4n) is 3.12. The lowest BCUT2D eigenvalue weighted by Gasteiger charge is -2.24. The van der Waals surface area contributed by atoms with Gasteiger partial charge >= 0.3 is 12.2 Å². The van der Waals surface area contributed by atoms with Crippen molar-refractivity contribution in [1.82, 2.24) is 20.1 Å². The highest BCUT2D eigenvalue weighted by Gasteiger charge is 2.27. The smallest absolute Gasteiger partial charge is 0.412 e. The van der Waals surface area contributed by atoms with Gasteiger partial charge in [-0.25, -0.2) is 19.0 Å². The quantitative estimate of drug-likeness (QED) is 0.412. The topological polar surface area (TPSA) is 146 Å². The molecule has 3 rings (SSSR count). The molecule has 1 aliphatic heterocycles. The van der Waals surface area contributed by atoms with Gasteiger partial charge in [0.15, 0.2) is 9.61 Å². The average molecular weight is 636 g/mol. The third-order valence-electron chi connectivity index (χ3n) is 4.61. The Bertz CT molecular complexity index is 1130. The first-order valence-electron chi connectivity index (χ1n) is 12.2. The third-order valence-corrected chi connectivity index (χ3v) is 6.04. The van der Waals surface area contributed by atoms with E-state index >= 15 is 0 Å². The monoisotopic (exact) mass is 634 g/mol. The highest BCUT2D eigenvalue weighted by molar-refractivity contribution is 9.11. The fraction of sp³-hybridized carbons (Fsp3) is 0.625. The number of carbonyl (C=O) groups is 3. The van der Waals surface area contributed by atoms with Crippen LogP contribution in [-0.4, -0.2) is 69.5 Å². The van der Waals surface area contributed by atoms with E-state index in [1.54, 1.807) is 59.5 Å². The average Bonchev–Trinajstić information content (AvgIpc) is 3.28. The van der Waals surface area contributed by atoms with Gasteiger partial charge in [0.1, 0.15) is 22.4 Å². The molecule has 3 N–H and O–H groups in total. The number of nitrogens with zero attached hydrogens (tertiary/aromatic N) is 3. The lowest BCUT2D eigenvalue weighted by Crippen LogP contribution is -2.44. The Hall–Kier alpha value is -2.78. The zero-order valence-electron chi connectivity index (χ0n) is 23.1. The van der Waals surface area contributed by atoms with E-state index in [2.05, 4.69) is 42.0 Å². The molecule has 2 aromatic heterocycles. The Labute approximate surface area is 239 Å². The first-order chi connectivity index (χ1) is 18.0. The molecule has 39 heavy (non-hydrogen) atoms. The fourth-order valence-corrected chi connectivity index (χ4v) is 4.46. The summed E-state index contributed by atoms with van der Waals surface area (Å²) in [7, 11) is 1.74. The summed E-state index contributed by atoms with van der Waals surface area (Å²) in [5.74, 6) is -0.453. The van der Waals surface area contributed by atoms with Gasteiger partial charge in [0.25, 0.3) is 5.91 Å². The molecular weight excluding hydrogens is 599 g/mol. The molecule has 1 aliphatic rings. The zero-order chi connectivity index (χ0) is 29.4. The Morgan fingerprint density at radius 3 is 2.36 bits per heavy atom. The summed E-state index contributed by atoms with van der Waals surface area (Å²) in [6, 6.07) is -0.502. The van der Waals surface area contributed by atoms with Crippen molar-refractivity contribution < 1.29 is 33.0 Å². The van der Waals surface area contributed by atoms with Gasteiger partial charge in [-0.2, -0.15) is 5.10 Å². The lowest BCUT2D eigenvalue weighted by atomic mass is 10.1. The maximum absolute atomic E-state index is 13.5. The molecule has 0 saturated carbocycles. The Morgan fingerprint density at radius 2 is 1.77 bits per heavy atom. The third kappa shape index (κ3) is 12.3. The highest BCUT2D eigenvalue weighted by Crippen LogP contribution is 2.29. The van der Waals surface area contributed by atoms with Gasteiger partial charge in [-0.1, -0.05) is 11.3 Å². The van der Waals surface area contributed by atoms with Crippen molar-refractivity contribution in [2.75, 3.05) is 23.8 Å². The summed E-state index contributed by atoms with van der Waals surface area (Å²) < 4.78 is 30.8. The van der Waals surface area contributed by atoms with Crippen LogP contribution in [0.25, 0.3) is 0 Å². The molecule has 1 saturated heterocycles. The summed E-state index contributed by atoms with van der Waals surface area (Å²) in [6.45, 7) is 11.2. The van der Waals surface area contributed by atoms with Crippen LogP contribution in [0, 0.1) is 0 Å². The molecule has 0 aromatic carbocycles. The second-order valence-electron chi connectivity index (χ2n) is 10.6. The summed E-state index contributed by atoms with van der Waals surface area (Å²) >= 11 is 4.34. The molecule has 0 bridgehead atoms. The number of rotatable bonds is 4. The number of alkyl halides is 1. The number of aryl methyl sites for hydroxylation is 1. The number of nitrogens with one attached hydrogen (secondary N) is 3. The predicted molar refractivity (Wildman–Crippen MR) is 149 cm³/mol. The first kappa shape index (κ1) is 32.4. The van der Waals surface area contributed by atoms with Crippen LogP contribution in [0.1, 0.15) is 64.9 Å². The van der Waals surface area contributed by atoms with Gasteiger partial charge in [0.2, 0.25) is 0 Å². The van der Waals surface area contributed by atoms with Crippen LogP contribution in [0.15, 0.2) is 16.3 Å². The molecule has 3 amide bonds. The predicted octanol–water partition coefficient (Wildman–Crippen LogP) is 5.27. The summed E-state index contributed by atoms with van der Waals surface area (Å²) in [5.41, 5.74) is -0.567. The molecule has 15 heteroatoms. The van der Waals surface area contributed by atoms with Crippen molar-refractivity contribution in [2.24, 2.45) is 7.05 Å². The van der Waals surface area contributed by atoms with Gasteiger partial charge in [0.05, 0.1) is 24.5 Å². The number of anilines is 2. The minimum Gasteiger partial charge on any atom is -0.444 e. The molecule has 0 radical (unpaired) electrons. The summed E-state index contributed by atoms with van der Waals surface area (Å²) in [4.78, 5) is 39.7. The van der Waals surface area contributed by atoms with Crippen LogP contribution in [0.3, 0.4) is 0 Å². The van der Waals surface area contributed by atoms with Crippen LogP contribution >= 0.6 is 27.3 Å². The number of aromatic nitrogens is 3. The molecule has 2 aromatic rings. The van der Waals surface area contributed by atoms with Crippen LogP contribution in [0.2, 0.25) is 0 Å². The zero-order valence-corrected chi connectivity index (χ0v) is 25.5. The van der Waals surface area contributed by atoms with E-state index in [1.807, 2.05) is 0 Å². The maximum atomic E-state index is 13.5. The molecule has 2 atom stereocenters. The highest BCUT2D eigenvalue weighted by atomic mass is 79.9. The van der Waals surface area contributed by atoms with Crippen molar-refractivity contribution in [3.05, 3.63) is 22.0 Å². The van der Waals surface area contributed by atoms with Crippen molar-refractivity contribution in [2.45, 2.75) is 77.8 Å². The van der Waals surface area contributed by atoms with Crippen molar-refractivity contribution >= 4 is 56.0 Å². The van der Waals surface area contributed by atoms with Gasteiger partial charge in [-0.3, -0.25) is 14.8 Å². The number of hydrogen-bond donors (Lipinski definition) is 3. The molecule has 0 spiro atoms. The molecule has 3 heterocycles. The second-order valence-corrected chi connectivity index (χ2v) is 12.9. The van der Waals surface area contributed by atoms with Crippen molar-refractivity contribution in [3.63, 3.8) is 0 Å². The Kier molecular flexibility index (Phi) is 11.7. The standard InChI is InChI=1S/C13H16BrN5O3S.C11H20FNO3/c1-13(2,3)22-12(21)18-10-8(17-11(14)23-10)9(20)16-7-5-15-19(4)6-7;1-11(2,3)16-10(14)13-9-5-4-6-15-7-8(9)12/h5-6H,1-4H3,(H,16,20)(H,18,21);8-9H,4-7H2,1-3H3,(H,13,14). The molecule has 1 fully saturated rings. The number of amides is 3. The van der Waals surface area contributed by atoms with E-state index in [0.29, 0.717) is 27.6 Å². The van der Waals surface area contributed by atoms with Crippen LogP contribution in [0.5, 0.6) is 0 Å². The van der Waals surface area contributed by atoms with E-state index in [4.69, 9.17) is 14.2 Å².